The lowest BCUT2D eigenvalue weighted by atomic mass is 9.87. The SMILES string of the molecule is CCOC(=O)CNC(=O)OC1(c2ccc(OC)cc2)OC(=O)C(c2ccc3nsnc3c2)=C1Cc1cc(OC)c(OC)c(OC)c1. The fourth-order valence-corrected chi connectivity index (χ4v) is 5.63. The molecule has 0 saturated carbocycles. The molecule has 14 heteroatoms. The number of ether oxygens (including phenoxy) is 7. The van der Waals surface area contributed by atoms with E-state index in [1.807, 2.05) is 0 Å². The van der Waals surface area contributed by atoms with Gasteiger partial charge >= 0.3 is 23.8 Å². The number of rotatable bonds is 12. The van der Waals surface area contributed by atoms with Crippen LogP contribution in [0.4, 0.5) is 4.79 Å². The fraction of sp³-hybridized carbons (Fsp3) is 0.281. The summed E-state index contributed by atoms with van der Waals surface area (Å²) in [6.07, 6.45) is -1.01. The molecule has 1 amide bonds. The summed E-state index contributed by atoms with van der Waals surface area (Å²) in [5.74, 6) is -1.84. The first-order valence-electron chi connectivity index (χ1n) is 14.0. The third-order valence-corrected chi connectivity index (χ3v) is 7.73. The zero-order valence-corrected chi connectivity index (χ0v) is 26.5. The molecule has 0 saturated heterocycles. The number of fused-ring (bicyclic) bond motifs is 1. The average Bonchev–Trinajstić information content (AvgIpc) is 3.65. The highest BCUT2D eigenvalue weighted by Gasteiger charge is 2.53. The fourth-order valence-electron chi connectivity index (χ4n) is 5.11. The van der Waals surface area contributed by atoms with Crippen LogP contribution in [-0.2, 0) is 36.0 Å². The van der Waals surface area contributed by atoms with Crippen LogP contribution in [0.2, 0.25) is 0 Å². The smallest absolute Gasteiger partial charge is 0.411 e. The topological polar surface area (TPSA) is 154 Å². The Morgan fingerprint density at radius 2 is 1.59 bits per heavy atom. The van der Waals surface area contributed by atoms with Crippen molar-refractivity contribution in [3.8, 4) is 23.0 Å². The number of carbonyl (C=O) groups excluding carboxylic acids is 3. The van der Waals surface area contributed by atoms with Crippen LogP contribution >= 0.6 is 11.7 Å². The van der Waals surface area contributed by atoms with Crippen molar-refractivity contribution < 1.29 is 47.5 Å². The van der Waals surface area contributed by atoms with Crippen molar-refractivity contribution in [3.63, 3.8) is 0 Å². The predicted molar refractivity (Wildman–Crippen MR) is 166 cm³/mol. The number of carbonyl (C=O) groups is 3. The lowest BCUT2D eigenvalue weighted by Gasteiger charge is -2.31. The van der Waals surface area contributed by atoms with Gasteiger partial charge in [0.15, 0.2) is 11.5 Å². The number of nitrogens with zero attached hydrogens (tertiary/aromatic N) is 2. The van der Waals surface area contributed by atoms with Crippen molar-refractivity contribution in [2.45, 2.75) is 19.1 Å². The van der Waals surface area contributed by atoms with Crippen LogP contribution in [0.3, 0.4) is 0 Å². The van der Waals surface area contributed by atoms with Gasteiger partial charge in [0.2, 0.25) is 5.75 Å². The number of methoxy groups -OCH3 is 4. The maximum Gasteiger partial charge on any atom is 0.411 e. The molecule has 240 valence electrons. The van der Waals surface area contributed by atoms with Crippen LogP contribution < -0.4 is 24.3 Å². The minimum atomic E-state index is -2.08. The molecule has 0 radical (unpaired) electrons. The van der Waals surface area contributed by atoms with Crippen molar-refractivity contribution >= 4 is 46.4 Å². The molecule has 5 rings (SSSR count). The molecule has 0 spiro atoms. The molecule has 13 nitrogen and oxygen atoms in total. The second kappa shape index (κ2) is 13.7. The molecule has 3 aromatic carbocycles. The Hall–Kier alpha value is -5.37. The second-order valence-corrected chi connectivity index (χ2v) is 10.3. The predicted octanol–water partition coefficient (Wildman–Crippen LogP) is 4.42. The van der Waals surface area contributed by atoms with E-state index >= 15 is 0 Å². The maximum absolute atomic E-state index is 13.9. The molecule has 1 aliphatic rings. The zero-order chi connectivity index (χ0) is 32.8. The van der Waals surface area contributed by atoms with Gasteiger partial charge in [-0.2, -0.15) is 8.75 Å². The summed E-state index contributed by atoms with van der Waals surface area (Å²) in [6, 6.07) is 15.2. The quantitative estimate of drug-likeness (QED) is 0.216. The van der Waals surface area contributed by atoms with E-state index in [1.54, 1.807) is 61.5 Å². The highest BCUT2D eigenvalue weighted by atomic mass is 32.1. The monoisotopic (exact) mass is 649 g/mol. The highest BCUT2D eigenvalue weighted by molar-refractivity contribution is 7.00. The summed E-state index contributed by atoms with van der Waals surface area (Å²) in [4.78, 5) is 39.3. The first-order chi connectivity index (χ1) is 22.3. The lowest BCUT2D eigenvalue weighted by molar-refractivity contribution is -0.185. The number of alkyl carbamates (subject to hydrolysis) is 1. The van der Waals surface area contributed by atoms with Gasteiger partial charge in [0.05, 0.1) is 52.3 Å². The Bertz CT molecular complexity index is 1780. The Balaban J connectivity index is 1.72. The zero-order valence-electron chi connectivity index (χ0n) is 25.7. The number of aromatic nitrogens is 2. The van der Waals surface area contributed by atoms with Gasteiger partial charge in [-0.15, -0.1) is 0 Å². The first-order valence-corrected chi connectivity index (χ1v) is 14.7. The summed E-state index contributed by atoms with van der Waals surface area (Å²) < 4.78 is 47.5. The molecule has 1 unspecified atom stereocenters. The Kier molecular flexibility index (Phi) is 9.56. The van der Waals surface area contributed by atoms with Gasteiger partial charge in [0.1, 0.15) is 23.3 Å². The maximum atomic E-state index is 13.9. The molecule has 0 aliphatic carbocycles. The third kappa shape index (κ3) is 6.24. The molecule has 4 aromatic rings. The molecular weight excluding hydrogens is 618 g/mol. The number of cyclic esters (lactones) is 1. The van der Waals surface area contributed by atoms with E-state index in [0.29, 0.717) is 50.7 Å². The minimum absolute atomic E-state index is 0.0162. The van der Waals surface area contributed by atoms with E-state index < -0.39 is 30.4 Å². The molecular formula is C32H31N3O10S. The van der Waals surface area contributed by atoms with Crippen LogP contribution in [0, 0.1) is 0 Å². The average molecular weight is 650 g/mol. The van der Waals surface area contributed by atoms with Gasteiger partial charge in [-0.25, -0.2) is 9.59 Å². The summed E-state index contributed by atoms with van der Waals surface area (Å²) >= 11 is 1.04. The Morgan fingerprint density at radius 3 is 2.22 bits per heavy atom. The summed E-state index contributed by atoms with van der Waals surface area (Å²) in [6.45, 7) is 1.31. The van der Waals surface area contributed by atoms with Gasteiger partial charge in [-0.3, -0.25) is 4.79 Å². The van der Waals surface area contributed by atoms with E-state index in [4.69, 9.17) is 33.2 Å². The molecule has 1 N–H and O–H groups in total. The summed E-state index contributed by atoms with van der Waals surface area (Å²) in [7, 11) is 5.98. The van der Waals surface area contributed by atoms with E-state index in [0.717, 1.165) is 11.7 Å². The van der Waals surface area contributed by atoms with Crippen molar-refractivity contribution in [1.29, 1.82) is 0 Å². The van der Waals surface area contributed by atoms with Gasteiger partial charge in [-0.05, 0) is 66.6 Å². The number of esters is 2. The van der Waals surface area contributed by atoms with Crippen molar-refractivity contribution in [2.75, 3.05) is 41.6 Å². The van der Waals surface area contributed by atoms with Gasteiger partial charge in [0.25, 0.3) is 0 Å². The molecule has 1 atom stereocenters. The molecule has 1 aliphatic heterocycles. The van der Waals surface area contributed by atoms with Crippen LogP contribution in [-0.4, -0.2) is 68.4 Å². The highest BCUT2D eigenvalue weighted by Crippen LogP contribution is 2.49. The number of nitrogens with one attached hydrogen (secondary N) is 1. The largest absolute Gasteiger partial charge is 0.497 e. The standard InChI is InChI=1S/C32H31N3O10S/c1-6-43-27(36)17-33-31(38)45-32(20-8-10-21(39-2)11-9-20)22(13-18-14-25(40-3)29(42-5)26(15-18)41-4)28(30(37)44-32)19-7-12-23-24(16-19)35-46-34-23/h7-12,14-16H,6,13,17H2,1-5H3,(H,33,38). The molecule has 0 bridgehead atoms. The third-order valence-electron chi connectivity index (χ3n) is 7.18. The van der Waals surface area contributed by atoms with Crippen molar-refractivity contribution in [2.24, 2.45) is 0 Å². The van der Waals surface area contributed by atoms with E-state index in [2.05, 4.69) is 14.1 Å². The molecule has 46 heavy (non-hydrogen) atoms. The molecule has 0 fully saturated rings. The number of amides is 1. The van der Waals surface area contributed by atoms with Gasteiger partial charge in [0, 0.05) is 17.6 Å². The summed E-state index contributed by atoms with van der Waals surface area (Å²) in [5.41, 5.74) is 3.06. The van der Waals surface area contributed by atoms with E-state index in [9.17, 15) is 14.4 Å². The number of benzene rings is 3. The Labute approximate surface area is 268 Å². The number of hydrogen-bond donors (Lipinski definition) is 1. The van der Waals surface area contributed by atoms with Crippen LogP contribution in [0.5, 0.6) is 23.0 Å². The lowest BCUT2D eigenvalue weighted by Crippen LogP contribution is -2.41. The second-order valence-electron chi connectivity index (χ2n) is 9.81. The van der Waals surface area contributed by atoms with E-state index in [-0.39, 0.29) is 24.2 Å². The van der Waals surface area contributed by atoms with Gasteiger partial charge in [-0.1, -0.05) is 6.07 Å². The van der Waals surface area contributed by atoms with E-state index in [1.165, 1.54) is 28.4 Å². The molecule has 2 heterocycles. The normalized spacial score (nSPS) is 15.7. The van der Waals surface area contributed by atoms with Gasteiger partial charge < -0.3 is 38.5 Å². The molecule has 1 aromatic heterocycles. The summed E-state index contributed by atoms with van der Waals surface area (Å²) in [5, 5.41) is 2.39. The Morgan fingerprint density at radius 1 is 0.891 bits per heavy atom. The van der Waals surface area contributed by atoms with Crippen molar-refractivity contribution in [1.82, 2.24) is 14.1 Å². The number of hydrogen-bond acceptors (Lipinski definition) is 13. The first kappa shape index (κ1) is 32.0. The minimum Gasteiger partial charge on any atom is -0.497 e. The van der Waals surface area contributed by atoms with Crippen LogP contribution in [0.25, 0.3) is 16.6 Å². The van der Waals surface area contributed by atoms with Crippen molar-refractivity contribution in [3.05, 3.63) is 76.9 Å². The van der Waals surface area contributed by atoms with Crippen LogP contribution in [0.15, 0.2) is 60.2 Å². The van der Waals surface area contributed by atoms with Crippen LogP contribution in [0.1, 0.15) is 23.6 Å².